The Kier molecular flexibility index (Phi) is 7.26. The lowest BCUT2D eigenvalue weighted by Gasteiger charge is -2.16. The average Bonchev–Trinajstić information content (AvgIpc) is 3.08. The van der Waals surface area contributed by atoms with Crippen molar-refractivity contribution >= 4 is 57.6 Å². The monoisotopic (exact) mass is 513 g/mol. The third-order valence-electron chi connectivity index (χ3n) is 5.46. The molecule has 0 unspecified atom stereocenters. The second kappa shape index (κ2) is 10.2. The van der Waals surface area contributed by atoms with Gasteiger partial charge in [-0.15, -0.1) is 0 Å². The Labute approximate surface area is 212 Å². The molecule has 1 aliphatic rings. The van der Waals surface area contributed by atoms with Gasteiger partial charge in [-0.25, -0.2) is 4.39 Å². The van der Waals surface area contributed by atoms with Crippen molar-refractivity contribution in [3.05, 3.63) is 92.6 Å². The van der Waals surface area contributed by atoms with Crippen LogP contribution in [0.3, 0.4) is 0 Å². The molecule has 0 bridgehead atoms. The van der Waals surface area contributed by atoms with Crippen molar-refractivity contribution in [2.45, 2.75) is 20.5 Å². The van der Waals surface area contributed by atoms with Crippen LogP contribution in [-0.4, -0.2) is 17.3 Å². The van der Waals surface area contributed by atoms with E-state index in [2.05, 4.69) is 0 Å². The van der Waals surface area contributed by atoms with E-state index in [1.807, 2.05) is 38.1 Å². The minimum atomic E-state index is -0.447. The van der Waals surface area contributed by atoms with Crippen LogP contribution in [0.5, 0.6) is 11.5 Å². The minimum absolute atomic E-state index is 0.0692. The maximum absolute atomic E-state index is 14.1. The first-order valence-electron chi connectivity index (χ1n) is 10.4. The van der Waals surface area contributed by atoms with E-state index in [0.29, 0.717) is 20.7 Å². The van der Waals surface area contributed by atoms with Gasteiger partial charge in [-0.1, -0.05) is 53.8 Å². The molecule has 3 aromatic rings. The molecule has 0 spiro atoms. The summed E-state index contributed by atoms with van der Waals surface area (Å²) >= 11 is 12.8. The van der Waals surface area contributed by atoms with Gasteiger partial charge in [0.1, 0.15) is 12.4 Å². The van der Waals surface area contributed by atoms with E-state index >= 15 is 0 Å². The summed E-state index contributed by atoms with van der Waals surface area (Å²) < 4.78 is 25.8. The number of carbonyl (C=O) groups excluding carboxylic acids is 1. The summed E-state index contributed by atoms with van der Waals surface area (Å²) in [5, 5.41) is 0.283. The molecule has 0 atom stereocenters. The van der Waals surface area contributed by atoms with Crippen molar-refractivity contribution in [3.63, 3.8) is 0 Å². The fourth-order valence-electron chi connectivity index (χ4n) is 3.42. The SMILES string of the molecule is COc1ccc(/C=C2/SC(=S)N(c3ccc(C)c(C)c3)C2=O)cc1OCc1c(F)cccc1Cl. The molecule has 1 fully saturated rings. The maximum Gasteiger partial charge on any atom is 0.270 e. The molecular weight excluding hydrogens is 493 g/mol. The Balaban J connectivity index is 1.59. The van der Waals surface area contributed by atoms with Gasteiger partial charge in [0, 0.05) is 5.56 Å². The van der Waals surface area contributed by atoms with E-state index in [-0.39, 0.29) is 23.1 Å². The molecule has 4 nitrogen and oxygen atoms in total. The summed E-state index contributed by atoms with van der Waals surface area (Å²) in [7, 11) is 1.52. The summed E-state index contributed by atoms with van der Waals surface area (Å²) in [6.45, 7) is 3.95. The first kappa shape index (κ1) is 24.3. The van der Waals surface area contributed by atoms with Gasteiger partial charge in [-0.3, -0.25) is 9.69 Å². The van der Waals surface area contributed by atoms with Crippen molar-refractivity contribution in [1.29, 1.82) is 0 Å². The van der Waals surface area contributed by atoms with Crippen LogP contribution in [0.15, 0.2) is 59.5 Å². The van der Waals surface area contributed by atoms with Crippen LogP contribution in [0.2, 0.25) is 5.02 Å². The van der Waals surface area contributed by atoms with Gasteiger partial charge in [-0.2, -0.15) is 0 Å². The summed E-state index contributed by atoms with van der Waals surface area (Å²) in [6.07, 6.45) is 1.75. The van der Waals surface area contributed by atoms with Gasteiger partial charge in [0.15, 0.2) is 15.8 Å². The number of rotatable bonds is 6. The molecule has 0 radical (unpaired) electrons. The Morgan fingerprint density at radius 3 is 2.59 bits per heavy atom. The quantitative estimate of drug-likeness (QED) is 0.260. The second-order valence-electron chi connectivity index (χ2n) is 7.68. The number of amides is 1. The maximum atomic E-state index is 14.1. The molecule has 174 valence electrons. The number of benzene rings is 3. The summed E-state index contributed by atoms with van der Waals surface area (Å²) in [6, 6.07) is 15.6. The van der Waals surface area contributed by atoms with Gasteiger partial charge in [0.25, 0.3) is 5.91 Å². The number of nitrogens with zero attached hydrogens (tertiary/aromatic N) is 1. The molecule has 34 heavy (non-hydrogen) atoms. The number of methoxy groups -OCH3 is 1. The van der Waals surface area contributed by atoms with Crippen LogP contribution in [0.1, 0.15) is 22.3 Å². The molecule has 3 aromatic carbocycles. The third-order valence-corrected chi connectivity index (χ3v) is 7.12. The average molecular weight is 514 g/mol. The minimum Gasteiger partial charge on any atom is -0.493 e. The largest absolute Gasteiger partial charge is 0.493 e. The molecule has 0 aliphatic carbocycles. The number of anilines is 1. The van der Waals surface area contributed by atoms with Crippen LogP contribution in [0.4, 0.5) is 10.1 Å². The molecule has 4 rings (SSSR count). The fourth-order valence-corrected chi connectivity index (χ4v) is 4.94. The third kappa shape index (κ3) is 4.97. The van der Waals surface area contributed by atoms with Gasteiger partial charge >= 0.3 is 0 Å². The topological polar surface area (TPSA) is 38.8 Å². The van der Waals surface area contributed by atoms with Crippen molar-refractivity contribution in [3.8, 4) is 11.5 Å². The Bertz CT molecular complexity index is 1310. The van der Waals surface area contributed by atoms with Crippen molar-refractivity contribution in [1.82, 2.24) is 0 Å². The van der Waals surface area contributed by atoms with Crippen LogP contribution < -0.4 is 14.4 Å². The van der Waals surface area contributed by atoms with Gasteiger partial charge in [0.05, 0.1) is 22.7 Å². The van der Waals surface area contributed by atoms with E-state index in [0.717, 1.165) is 22.4 Å². The second-order valence-corrected chi connectivity index (χ2v) is 9.77. The lowest BCUT2D eigenvalue weighted by atomic mass is 10.1. The number of hydrogen-bond donors (Lipinski definition) is 0. The molecule has 1 aliphatic heterocycles. The molecule has 1 heterocycles. The fraction of sp³-hybridized carbons (Fsp3) is 0.154. The molecule has 1 saturated heterocycles. The highest BCUT2D eigenvalue weighted by Gasteiger charge is 2.33. The highest BCUT2D eigenvalue weighted by atomic mass is 35.5. The van der Waals surface area contributed by atoms with Gasteiger partial charge in [0.2, 0.25) is 0 Å². The lowest BCUT2D eigenvalue weighted by Crippen LogP contribution is -2.27. The van der Waals surface area contributed by atoms with Crippen LogP contribution in [-0.2, 0) is 11.4 Å². The number of hydrogen-bond acceptors (Lipinski definition) is 5. The van der Waals surface area contributed by atoms with Crippen LogP contribution >= 0.6 is 35.6 Å². The van der Waals surface area contributed by atoms with E-state index in [1.54, 1.807) is 29.2 Å². The van der Waals surface area contributed by atoms with E-state index in [4.69, 9.17) is 33.3 Å². The zero-order valence-electron chi connectivity index (χ0n) is 18.7. The number of thioether (sulfide) groups is 1. The van der Waals surface area contributed by atoms with Gasteiger partial charge < -0.3 is 9.47 Å². The summed E-state index contributed by atoms with van der Waals surface area (Å²) in [5.41, 5.74) is 3.95. The number of ether oxygens (including phenoxy) is 2. The highest BCUT2D eigenvalue weighted by Crippen LogP contribution is 2.38. The van der Waals surface area contributed by atoms with Crippen molar-refractivity contribution in [2.75, 3.05) is 12.0 Å². The Morgan fingerprint density at radius 2 is 1.88 bits per heavy atom. The molecule has 0 N–H and O–H groups in total. The molecular formula is C26H21ClFNO3S2. The molecule has 1 amide bonds. The van der Waals surface area contributed by atoms with E-state index in [1.165, 1.54) is 31.0 Å². The normalized spacial score (nSPS) is 14.7. The predicted molar refractivity (Wildman–Crippen MR) is 140 cm³/mol. The number of halogens is 2. The Morgan fingerprint density at radius 1 is 1.09 bits per heavy atom. The molecule has 0 saturated carbocycles. The van der Waals surface area contributed by atoms with Crippen LogP contribution in [0.25, 0.3) is 6.08 Å². The first-order chi connectivity index (χ1) is 16.3. The Hall–Kier alpha value is -2.87. The van der Waals surface area contributed by atoms with E-state index in [9.17, 15) is 9.18 Å². The zero-order valence-corrected chi connectivity index (χ0v) is 21.1. The lowest BCUT2D eigenvalue weighted by molar-refractivity contribution is -0.113. The first-order valence-corrected chi connectivity index (χ1v) is 12.0. The zero-order chi connectivity index (χ0) is 24.4. The number of aryl methyl sites for hydroxylation is 2. The standard InChI is InChI=1S/C26H21ClFNO3S2/c1-15-7-9-18(11-16(15)2)29-25(30)24(34-26(29)33)13-17-8-10-22(31-3)23(12-17)32-14-19-20(27)5-4-6-21(19)28/h4-13H,14H2,1-3H3/b24-13+. The predicted octanol–water partition coefficient (Wildman–Crippen LogP) is 7.09. The van der Waals surface area contributed by atoms with Gasteiger partial charge in [-0.05, 0) is 73.0 Å². The number of thiocarbonyl (C=S) groups is 1. The summed E-state index contributed by atoms with van der Waals surface area (Å²) in [4.78, 5) is 15.2. The van der Waals surface area contributed by atoms with Crippen LogP contribution in [0, 0.1) is 19.7 Å². The number of carbonyl (C=O) groups is 1. The molecule has 8 heteroatoms. The highest BCUT2D eigenvalue weighted by molar-refractivity contribution is 8.27. The summed E-state index contributed by atoms with van der Waals surface area (Å²) in [5.74, 6) is 0.250. The molecule has 0 aromatic heterocycles. The smallest absolute Gasteiger partial charge is 0.270 e. The van der Waals surface area contributed by atoms with Crippen molar-refractivity contribution in [2.24, 2.45) is 0 Å². The van der Waals surface area contributed by atoms with E-state index < -0.39 is 5.82 Å². The van der Waals surface area contributed by atoms with Crippen molar-refractivity contribution < 1.29 is 18.7 Å².